The van der Waals surface area contributed by atoms with E-state index >= 15 is 0 Å². The molecule has 4 nitrogen and oxygen atoms in total. The standard InChI is InChI=1S/C6H11O4P/c1-3-4-10-6(2,11-9)5(7)8/h3-4H2,1-2H3,(H,7,8). The average Bonchev–Trinajstić information content (AvgIpc) is 2.00. The first-order valence-electron chi connectivity index (χ1n) is 3.28. The van der Waals surface area contributed by atoms with Crippen LogP contribution in [0.3, 0.4) is 0 Å². The Kier molecular flexibility index (Phi) is 4.23. The first-order valence-corrected chi connectivity index (χ1v) is 4.10. The van der Waals surface area contributed by atoms with Crippen LogP contribution in [0.25, 0.3) is 0 Å². The van der Waals surface area contributed by atoms with Crippen LogP contribution in [0.4, 0.5) is 0 Å². The first kappa shape index (κ1) is 10.5. The van der Waals surface area contributed by atoms with Crippen molar-refractivity contribution in [3.8, 4) is 0 Å². The van der Waals surface area contributed by atoms with Crippen LogP contribution < -0.4 is 0 Å². The molecule has 0 saturated carbocycles. The second-order valence-electron chi connectivity index (χ2n) is 2.23. The Morgan fingerprint density at radius 3 is 2.55 bits per heavy atom. The summed E-state index contributed by atoms with van der Waals surface area (Å²) in [6, 6.07) is 0. The molecule has 0 aliphatic carbocycles. The van der Waals surface area contributed by atoms with Crippen LogP contribution in [0, 0.1) is 0 Å². The van der Waals surface area contributed by atoms with Gasteiger partial charge in [-0.1, -0.05) is 6.92 Å². The molecule has 64 valence electrons. The minimum absolute atomic E-state index is 0.304. The molecule has 0 aromatic heterocycles. The van der Waals surface area contributed by atoms with Gasteiger partial charge in [0.25, 0.3) is 0 Å². The van der Waals surface area contributed by atoms with Crippen LogP contribution in [-0.2, 0) is 14.1 Å². The minimum Gasteiger partial charge on any atom is -0.479 e. The number of ether oxygens (including phenoxy) is 1. The maximum absolute atomic E-state index is 10.4. The quantitative estimate of drug-likeness (QED) is 0.648. The normalized spacial score (nSPS) is 16.2. The van der Waals surface area contributed by atoms with Crippen LogP contribution in [-0.4, -0.2) is 23.0 Å². The fourth-order valence-electron chi connectivity index (χ4n) is 0.428. The highest BCUT2D eigenvalue weighted by Crippen LogP contribution is 2.24. The van der Waals surface area contributed by atoms with Gasteiger partial charge in [0.1, 0.15) is 0 Å². The predicted molar refractivity (Wildman–Crippen MR) is 39.9 cm³/mol. The molecule has 1 N–H and O–H groups in total. The van der Waals surface area contributed by atoms with E-state index in [-0.39, 0.29) is 0 Å². The van der Waals surface area contributed by atoms with Gasteiger partial charge in [-0.15, -0.1) is 0 Å². The number of carboxylic acids is 1. The van der Waals surface area contributed by atoms with Gasteiger partial charge >= 0.3 is 5.97 Å². The SMILES string of the molecule is CCCOC(C)(P=O)C(=O)O. The molecular weight excluding hydrogens is 167 g/mol. The maximum atomic E-state index is 10.4. The molecule has 0 saturated heterocycles. The third-order valence-corrected chi connectivity index (χ3v) is 1.83. The van der Waals surface area contributed by atoms with E-state index < -0.39 is 19.8 Å². The van der Waals surface area contributed by atoms with Crippen LogP contribution >= 0.6 is 8.46 Å². The predicted octanol–water partition coefficient (Wildman–Crippen LogP) is 1.51. The Labute approximate surface area is 66.8 Å². The Hall–Kier alpha value is -0.470. The molecule has 0 spiro atoms. The van der Waals surface area contributed by atoms with E-state index in [0.717, 1.165) is 0 Å². The molecular formula is C6H11O4P. The zero-order valence-electron chi connectivity index (χ0n) is 6.53. The summed E-state index contributed by atoms with van der Waals surface area (Å²) < 4.78 is 15.2. The lowest BCUT2D eigenvalue weighted by Gasteiger charge is -2.16. The zero-order chi connectivity index (χ0) is 8.91. The van der Waals surface area contributed by atoms with Crippen molar-refractivity contribution in [2.45, 2.75) is 25.6 Å². The lowest BCUT2D eigenvalue weighted by Crippen LogP contribution is -2.32. The molecule has 0 fully saturated rings. The molecule has 0 radical (unpaired) electrons. The first-order chi connectivity index (χ1) is 5.06. The van der Waals surface area contributed by atoms with E-state index in [0.29, 0.717) is 13.0 Å². The number of carboxylic acid groups (broad SMARTS) is 1. The van der Waals surface area contributed by atoms with Crippen LogP contribution in [0.2, 0.25) is 0 Å². The van der Waals surface area contributed by atoms with Gasteiger partial charge in [-0.25, -0.2) is 4.79 Å². The van der Waals surface area contributed by atoms with Crippen LogP contribution in [0.5, 0.6) is 0 Å². The maximum Gasteiger partial charge on any atom is 0.347 e. The Morgan fingerprint density at radius 2 is 2.27 bits per heavy atom. The number of carbonyl (C=O) groups is 1. The molecule has 0 heterocycles. The molecule has 1 atom stereocenters. The van der Waals surface area contributed by atoms with Crippen LogP contribution in [0.1, 0.15) is 20.3 Å². The minimum atomic E-state index is -1.57. The average molecular weight is 178 g/mol. The van der Waals surface area contributed by atoms with Crippen molar-refractivity contribution in [2.24, 2.45) is 0 Å². The molecule has 0 bridgehead atoms. The van der Waals surface area contributed by atoms with Crippen molar-refractivity contribution in [1.82, 2.24) is 0 Å². The van der Waals surface area contributed by atoms with E-state index in [2.05, 4.69) is 0 Å². The van der Waals surface area contributed by atoms with Crippen LogP contribution in [0.15, 0.2) is 0 Å². The van der Waals surface area contributed by atoms with Gasteiger partial charge in [0, 0.05) is 6.61 Å². The summed E-state index contributed by atoms with van der Waals surface area (Å²) in [5.41, 5.74) is 0. The molecule has 0 aromatic rings. The fourth-order valence-corrected chi connectivity index (χ4v) is 0.650. The van der Waals surface area contributed by atoms with E-state index in [4.69, 9.17) is 9.84 Å². The van der Waals surface area contributed by atoms with Gasteiger partial charge in [-0.3, -0.25) is 4.57 Å². The summed E-state index contributed by atoms with van der Waals surface area (Å²) in [5.74, 6) is -1.21. The largest absolute Gasteiger partial charge is 0.479 e. The number of hydrogen-bond donors (Lipinski definition) is 1. The lowest BCUT2D eigenvalue weighted by atomic mass is 10.4. The third-order valence-electron chi connectivity index (χ3n) is 1.16. The van der Waals surface area contributed by atoms with Gasteiger partial charge in [-0.05, 0) is 13.3 Å². The number of hydrogen-bond acceptors (Lipinski definition) is 3. The van der Waals surface area contributed by atoms with E-state index in [1.807, 2.05) is 6.92 Å². The Bertz CT molecular complexity index is 159. The third kappa shape index (κ3) is 2.95. The summed E-state index contributed by atoms with van der Waals surface area (Å²) in [4.78, 5) is 10.4. The topological polar surface area (TPSA) is 63.6 Å². The van der Waals surface area contributed by atoms with Crippen molar-refractivity contribution in [3.05, 3.63) is 0 Å². The Balaban J connectivity index is 4.10. The second-order valence-corrected chi connectivity index (χ2v) is 3.26. The Morgan fingerprint density at radius 1 is 1.73 bits per heavy atom. The molecule has 1 unspecified atom stereocenters. The molecule has 11 heavy (non-hydrogen) atoms. The molecule has 0 rings (SSSR count). The van der Waals surface area contributed by atoms with E-state index in [1.54, 1.807) is 0 Å². The summed E-state index contributed by atoms with van der Waals surface area (Å²) in [5, 5.41) is 6.95. The number of aliphatic carboxylic acids is 1. The van der Waals surface area contributed by atoms with Crippen molar-refractivity contribution >= 4 is 14.4 Å². The summed E-state index contributed by atoms with van der Waals surface area (Å²) in [7, 11) is -0.516. The summed E-state index contributed by atoms with van der Waals surface area (Å²) in [6.07, 6.45) is 0.707. The highest BCUT2D eigenvalue weighted by atomic mass is 31.1. The van der Waals surface area contributed by atoms with Gasteiger partial charge < -0.3 is 9.84 Å². The number of rotatable bonds is 5. The monoisotopic (exact) mass is 178 g/mol. The van der Waals surface area contributed by atoms with Crippen molar-refractivity contribution < 1.29 is 19.2 Å². The van der Waals surface area contributed by atoms with Crippen molar-refractivity contribution in [3.63, 3.8) is 0 Å². The molecule has 5 heteroatoms. The summed E-state index contributed by atoms with van der Waals surface area (Å²) in [6.45, 7) is 3.43. The highest BCUT2D eigenvalue weighted by molar-refractivity contribution is 7.27. The second kappa shape index (κ2) is 4.42. The molecule has 0 aliphatic heterocycles. The lowest BCUT2D eigenvalue weighted by molar-refractivity contribution is -0.153. The fraction of sp³-hybridized carbons (Fsp3) is 0.833. The van der Waals surface area contributed by atoms with Gasteiger partial charge in [0.2, 0.25) is 13.8 Å². The molecule has 0 aromatic carbocycles. The van der Waals surface area contributed by atoms with Crippen molar-refractivity contribution in [2.75, 3.05) is 6.61 Å². The van der Waals surface area contributed by atoms with E-state index in [1.165, 1.54) is 6.92 Å². The molecule has 0 aliphatic rings. The summed E-state index contributed by atoms with van der Waals surface area (Å²) >= 11 is 0. The molecule has 0 amide bonds. The van der Waals surface area contributed by atoms with Gasteiger partial charge in [0.15, 0.2) is 0 Å². The van der Waals surface area contributed by atoms with Gasteiger partial charge in [-0.2, -0.15) is 0 Å². The zero-order valence-corrected chi connectivity index (χ0v) is 7.43. The van der Waals surface area contributed by atoms with Gasteiger partial charge in [0.05, 0.1) is 0 Å². The van der Waals surface area contributed by atoms with E-state index in [9.17, 15) is 9.36 Å². The highest BCUT2D eigenvalue weighted by Gasteiger charge is 2.34. The smallest absolute Gasteiger partial charge is 0.347 e. The van der Waals surface area contributed by atoms with Crippen molar-refractivity contribution in [1.29, 1.82) is 0 Å².